The molecule has 10 heteroatoms. The van der Waals surface area contributed by atoms with E-state index < -0.39 is 17.8 Å². The maximum atomic E-state index is 16.8. The van der Waals surface area contributed by atoms with E-state index >= 15 is 8.78 Å². The Labute approximate surface area is 255 Å². The van der Waals surface area contributed by atoms with Gasteiger partial charge < -0.3 is 15.0 Å². The summed E-state index contributed by atoms with van der Waals surface area (Å²) in [6.07, 6.45) is 3.11. The van der Waals surface area contributed by atoms with Gasteiger partial charge in [0.15, 0.2) is 5.82 Å². The number of nitrogens with zero attached hydrogens (tertiary/aromatic N) is 5. The van der Waals surface area contributed by atoms with Crippen LogP contribution in [0.25, 0.3) is 32.9 Å². The van der Waals surface area contributed by atoms with Crippen molar-refractivity contribution in [3.05, 3.63) is 53.2 Å². The van der Waals surface area contributed by atoms with Crippen LogP contribution >= 0.6 is 0 Å². The molecule has 3 fully saturated rings. The lowest BCUT2D eigenvalue weighted by Crippen LogP contribution is -2.51. The van der Waals surface area contributed by atoms with Crippen molar-refractivity contribution in [3.63, 3.8) is 0 Å². The predicted octanol–water partition coefficient (Wildman–Crippen LogP) is 6.66. The normalized spacial score (nSPS) is 22.4. The standard InChI is InChI=1S/C32H33F3N6O.C2H6/c1-18-22(33)8-7-19-5-2-6-21(24(18)19)27-26(35)29-25-28(37-27)23(34)15-20-16-36-11-14-41(20)30(25)39-31(38-29)42-17-32-9-3-12-40(32)13-4-10-32;1-2/h2,5-8,20,23,36H,3-4,9-17H2,1H3;1-2H3. The highest BCUT2D eigenvalue weighted by atomic mass is 19.1. The second kappa shape index (κ2) is 11.5. The largest absolute Gasteiger partial charge is 0.461 e. The van der Waals surface area contributed by atoms with Gasteiger partial charge in [-0.15, -0.1) is 0 Å². The fourth-order valence-electron chi connectivity index (χ4n) is 7.83. The number of aryl methyl sites for hydroxylation is 1. The summed E-state index contributed by atoms with van der Waals surface area (Å²) in [5.74, 6) is -0.600. The lowest BCUT2D eigenvalue weighted by molar-refractivity contribution is 0.108. The van der Waals surface area contributed by atoms with Crippen LogP contribution in [-0.4, -0.2) is 70.8 Å². The molecule has 6 heterocycles. The number of rotatable bonds is 4. The first kappa shape index (κ1) is 29.2. The number of aromatic nitrogens is 3. The number of piperazine rings is 1. The maximum Gasteiger partial charge on any atom is 0.319 e. The molecule has 0 amide bonds. The number of pyridine rings is 1. The van der Waals surface area contributed by atoms with Crippen LogP contribution in [0.15, 0.2) is 30.3 Å². The van der Waals surface area contributed by atoms with Crippen LogP contribution in [0.1, 0.15) is 63.4 Å². The number of hydrogen-bond acceptors (Lipinski definition) is 7. The Morgan fingerprint density at radius 1 is 1.00 bits per heavy atom. The summed E-state index contributed by atoms with van der Waals surface area (Å²) in [5, 5.41) is 4.95. The van der Waals surface area contributed by atoms with E-state index in [1.54, 1.807) is 25.1 Å². The monoisotopic (exact) mass is 604 g/mol. The third kappa shape index (κ3) is 4.60. The summed E-state index contributed by atoms with van der Waals surface area (Å²) in [5.41, 5.74) is 0.843. The quantitative estimate of drug-likeness (QED) is 0.280. The second-order valence-electron chi connectivity index (χ2n) is 12.3. The molecule has 0 spiro atoms. The van der Waals surface area contributed by atoms with Gasteiger partial charge in [-0.1, -0.05) is 38.1 Å². The van der Waals surface area contributed by atoms with E-state index in [1.807, 2.05) is 19.9 Å². The molecule has 2 aromatic carbocycles. The molecule has 2 atom stereocenters. The highest BCUT2D eigenvalue weighted by molar-refractivity contribution is 6.01. The minimum absolute atomic E-state index is 0.00454. The molecule has 4 aliphatic heterocycles. The minimum atomic E-state index is -1.45. The van der Waals surface area contributed by atoms with Gasteiger partial charge in [-0.3, -0.25) is 4.90 Å². The number of anilines is 1. The van der Waals surface area contributed by atoms with Crippen LogP contribution in [0.2, 0.25) is 0 Å². The van der Waals surface area contributed by atoms with Crippen molar-refractivity contribution in [1.29, 1.82) is 0 Å². The number of halogens is 3. The SMILES string of the molecule is CC.Cc1c(F)ccc2cccc(-c3nc4c5c(nc(OCC67CCCN6CCC7)nc5c3F)N3CCNCC3CC4F)c12. The lowest BCUT2D eigenvalue weighted by Gasteiger charge is -2.36. The minimum Gasteiger partial charge on any atom is -0.461 e. The molecule has 8 rings (SSSR count). The summed E-state index contributed by atoms with van der Waals surface area (Å²) in [6.45, 7) is 10.1. The smallest absolute Gasteiger partial charge is 0.319 e. The highest BCUT2D eigenvalue weighted by Gasteiger charge is 2.45. The van der Waals surface area contributed by atoms with Gasteiger partial charge in [0, 0.05) is 37.7 Å². The Kier molecular flexibility index (Phi) is 7.61. The van der Waals surface area contributed by atoms with Gasteiger partial charge in [-0.2, -0.15) is 9.97 Å². The molecule has 0 saturated carbocycles. The summed E-state index contributed by atoms with van der Waals surface area (Å²) in [7, 11) is 0. The Hall–Kier alpha value is -3.50. The topological polar surface area (TPSA) is 66.4 Å². The van der Waals surface area contributed by atoms with Crippen molar-refractivity contribution >= 4 is 27.5 Å². The van der Waals surface area contributed by atoms with Gasteiger partial charge in [-0.25, -0.2) is 18.2 Å². The zero-order valence-electron chi connectivity index (χ0n) is 25.6. The van der Waals surface area contributed by atoms with E-state index in [2.05, 4.69) is 25.1 Å². The molecule has 2 unspecified atom stereocenters. The Morgan fingerprint density at radius 2 is 1.80 bits per heavy atom. The number of fused-ring (bicyclic) bond motifs is 4. The molecule has 7 nitrogen and oxygen atoms in total. The van der Waals surface area contributed by atoms with Crippen molar-refractivity contribution in [2.24, 2.45) is 0 Å². The van der Waals surface area contributed by atoms with Crippen molar-refractivity contribution in [2.45, 2.75) is 70.6 Å². The second-order valence-corrected chi connectivity index (χ2v) is 12.3. The Balaban J connectivity index is 0.00000153. The summed E-state index contributed by atoms with van der Waals surface area (Å²) >= 11 is 0. The van der Waals surface area contributed by atoms with Crippen molar-refractivity contribution in [1.82, 2.24) is 25.2 Å². The predicted molar refractivity (Wildman–Crippen MR) is 167 cm³/mol. The summed E-state index contributed by atoms with van der Waals surface area (Å²) in [4.78, 5) is 18.7. The molecule has 3 saturated heterocycles. The molecule has 0 bridgehead atoms. The molecule has 44 heavy (non-hydrogen) atoms. The molecule has 232 valence electrons. The third-order valence-corrected chi connectivity index (χ3v) is 9.95. The fourth-order valence-corrected chi connectivity index (χ4v) is 7.83. The number of nitrogens with one attached hydrogen (secondary N) is 1. The van der Waals surface area contributed by atoms with Crippen LogP contribution in [0.5, 0.6) is 6.01 Å². The average molecular weight is 605 g/mol. The Bertz CT molecular complexity index is 1720. The molecular formula is C34H39F3N6O. The van der Waals surface area contributed by atoms with E-state index in [9.17, 15) is 4.39 Å². The molecule has 0 aliphatic carbocycles. The van der Waals surface area contributed by atoms with Crippen LogP contribution in [0.4, 0.5) is 19.0 Å². The Morgan fingerprint density at radius 3 is 2.59 bits per heavy atom. The number of hydrogen-bond donors (Lipinski definition) is 1. The van der Waals surface area contributed by atoms with Gasteiger partial charge in [0.1, 0.15) is 35.6 Å². The van der Waals surface area contributed by atoms with Crippen LogP contribution in [0, 0.1) is 18.6 Å². The van der Waals surface area contributed by atoms with E-state index in [0.29, 0.717) is 54.0 Å². The maximum absolute atomic E-state index is 16.8. The van der Waals surface area contributed by atoms with Crippen LogP contribution < -0.4 is 15.0 Å². The van der Waals surface area contributed by atoms with Crippen molar-refractivity contribution in [3.8, 4) is 17.3 Å². The van der Waals surface area contributed by atoms with E-state index in [-0.39, 0.29) is 40.9 Å². The molecule has 4 aliphatic rings. The zero-order chi connectivity index (χ0) is 30.6. The first-order valence-corrected chi connectivity index (χ1v) is 16.0. The van der Waals surface area contributed by atoms with E-state index in [1.165, 1.54) is 6.07 Å². The first-order chi connectivity index (χ1) is 21.4. The van der Waals surface area contributed by atoms with E-state index in [4.69, 9.17) is 9.72 Å². The van der Waals surface area contributed by atoms with Crippen LogP contribution in [-0.2, 0) is 0 Å². The first-order valence-electron chi connectivity index (χ1n) is 16.0. The van der Waals surface area contributed by atoms with Gasteiger partial charge in [0.05, 0.1) is 16.6 Å². The lowest BCUT2D eigenvalue weighted by atomic mass is 9.95. The van der Waals surface area contributed by atoms with Gasteiger partial charge in [-0.05, 0) is 68.1 Å². The van der Waals surface area contributed by atoms with E-state index in [0.717, 1.165) is 44.2 Å². The number of benzene rings is 2. The molecule has 2 aromatic heterocycles. The zero-order valence-corrected chi connectivity index (χ0v) is 25.6. The van der Waals surface area contributed by atoms with Crippen molar-refractivity contribution in [2.75, 3.05) is 44.2 Å². The molecule has 0 radical (unpaired) electrons. The number of ether oxygens (including phenoxy) is 1. The van der Waals surface area contributed by atoms with Crippen LogP contribution in [0.3, 0.4) is 0 Å². The van der Waals surface area contributed by atoms with Gasteiger partial charge in [0.2, 0.25) is 0 Å². The molecule has 4 aromatic rings. The number of alkyl halides is 1. The third-order valence-electron chi connectivity index (χ3n) is 9.95. The molecular weight excluding hydrogens is 565 g/mol. The fraction of sp³-hybridized carbons (Fsp3) is 0.500. The average Bonchev–Trinajstić information content (AvgIpc) is 3.60. The van der Waals surface area contributed by atoms with Gasteiger partial charge >= 0.3 is 6.01 Å². The highest BCUT2D eigenvalue weighted by Crippen LogP contribution is 2.44. The summed E-state index contributed by atoms with van der Waals surface area (Å²) < 4.78 is 54.0. The summed E-state index contributed by atoms with van der Waals surface area (Å²) in [6, 6.07) is 8.34. The molecule has 1 N–H and O–H groups in total. The van der Waals surface area contributed by atoms with Gasteiger partial charge in [0.25, 0.3) is 0 Å². The van der Waals surface area contributed by atoms with Crippen molar-refractivity contribution < 1.29 is 17.9 Å².